The number of nitrogens with one attached hydrogen (secondary N) is 1. The van der Waals surface area contributed by atoms with Gasteiger partial charge in [-0.25, -0.2) is 0 Å². The molecule has 2 aliphatic carbocycles. The van der Waals surface area contributed by atoms with Gasteiger partial charge in [-0.1, -0.05) is 18.6 Å². The first-order chi connectivity index (χ1) is 9.69. The van der Waals surface area contributed by atoms with Gasteiger partial charge in [0.25, 0.3) is 5.91 Å². The lowest BCUT2D eigenvalue weighted by atomic mass is 9.84. The number of carbonyl (C=O) groups excluding carboxylic acids is 1. The third-order valence-electron chi connectivity index (χ3n) is 5.15. The first-order valence-corrected chi connectivity index (χ1v) is 7.63. The molecule has 0 radical (unpaired) electrons. The van der Waals surface area contributed by atoms with Crippen molar-refractivity contribution in [3.8, 4) is 5.75 Å². The van der Waals surface area contributed by atoms with Crippen molar-refractivity contribution in [3.05, 3.63) is 29.8 Å². The van der Waals surface area contributed by atoms with Gasteiger partial charge >= 0.3 is 0 Å². The van der Waals surface area contributed by atoms with Crippen molar-refractivity contribution >= 4 is 5.91 Å². The predicted molar refractivity (Wildman–Crippen MR) is 78.9 cm³/mol. The molecule has 20 heavy (non-hydrogen) atoms. The average molecular weight is 273 g/mol. The van der Waals surface area contributed by atoms with Crippen molar-refractivity contribution in [2.24, 2.45) is 17.8 Å². The summed E-state index contributed by atoms with van der Waals surface area (Å²) in [7, 11) is 1.60. The molecule has 0 saturated heterocycles. The van der Waals surface area contributed by atoms with E-state index in [1.54, 1.807) is 7.11 Å². The van der Waals surface area contributed by atoms with Crippen molar-refractivity contribution in [2.75, 3.05) is 7.11 Å². The summed E-state index contributed by atoms with van der Waals surface area (Å²) in [5.74, 6) is 3.03. The second-order valence-electron chi connectivity index (χ2n) is 6.30. The number of benzene rings is 1. The highest BCUT2D eigenvalue weighted by atomic mass is 16.5. The Morgan fingerprint density at radius 1 is 1.30 bits per heavy atom. The lowest BCUT2D eigenvalue weighted by Gasteiger charge is -2.28. The summed E-state index contributed by atoms with van der Waals surface area (Å²) < 4.78 is 5.26. The highest BCUT2D eigenvalue weighted by Gasteiger charge is 2.42. The van der Waals surface area contributed by atoms with Gasteiger partial charge in [0.05, 0.1) is 12.7 Å². The normalized spacial score (nSPS) is 29.2. The van der Waals surface area contributed by atoms with Crippen molar-refractivity contribution in [1.29, 1.82) is 0 Å². The number of hydrogen-bond acceptors (Lipinski definition) is 2. The fourth-order valence-electron chi connectivity index (χ4n) is 4.13. The van der Waals surface area contributed by atoms with Crippen molar-refractivity contribution in [1.82, 2.24) is 5.32 Å². The summed E-state index contributed by atoms with van der Waals surface area (Å²) in [6.45, 7) is 2.15. The highest BCUT2D eigenvalue weighted by molar-refractivity contribution is 5.97. The van der Waals surface area contributed by atoms with Gasteiger partial charge < -0.3 is 10.1 Å². The molecule has 2 saturated carbocycles. The lowest BCUT2D eigenvalue weighted by Crippen LogP contribution is -2.40. The zero-order valence-electron chi connectivity index (χ0n) is 12.3. The van der Waals surface area contributed by atoms with E-state index in [1.807, 2.05) is 24.3 Å². The zero-order chi connectivity index (χ0) is 14.1. The fraction of sp³-hybridized carbons (Fsp3) is 0.588. The number of fused-ring (bicyclic) bond motifs is 2. The molecule has 0 aromatic heterocycles. The summed E-state index contributed by atoms with van der Waals surface area (Å²) in [5.41, 5.74) is 0.630. The topological polar surface area (TPSA) is 38.3 Å². The molecule has 3 nitrogen and oxygen atoms in total. The van der Waals surface area contributed by atoms with Crippen LogP contribution in [0.1, 0.15) is 43.0 Å². The average Bonchev–Trinajstić information content (AvgIpc) is 3.09. The molecule has 1 aromatic carbocycles. The molecule has 1 amide bonds. The van der Waals surface area contributed by atoms with E-state index < -0.39 is 0 Å². The number of para-hydroxylation sites is 1. The zero-order valence-corrected chi connectivity index (χ0v) is 12.3. The number of ether oxygens (including phenoxy) is 1. The van der Waals surface area contributed by atoms with Crippen LogP contribution in [0.5, 0.6) is 5.75 Å². The molecule has 108 valence electrons. The van der Waals surface area contributed by atoms with Gasteiger partial charge in [0.1, 0.15) is 5.75 Å². The molecule has 2 aliphatic rings. The number of carbonyl (C=O) groups is 1. The van der Waals surface area contributed by atoms with Gasteiger partial charge in [-0.3, -0.25) is 4.79 Å². The minimum Gasteiger partial charge on any atom is -0.496 e. The first kappa shape index (κ1) is 13.5. The Morgan fingerprint density at radius 2 is 2.10 bits per heavy atom. The van der Waals surface area contributed by atoms with Crippen LogP contribution in [0.4, 0.5) is 0 Å². The Labute approximate surface area is 120 Å². The van der Waals surface area contributed by atoms with E-state index in [9.17, 15) is 4.79 Å². The van der Waals surface area contributed by atoms with Gasteiger partial charge in [0, 0.05) is 6.04 Å². The van der Waals surface area contributed by atoms with Crippen LogP contribution in [0, 0.1) is 17.8 Å². The van der Waals surface area contributed by atoms with Gasteiger partial charge in [-0.15, -0.1) is 0 Å². The number of amides is 1. The van der Waals surface area contributed by atoms with Crippen LogP contribution < -0.4 is 10.1 Å². The van der Waals surface area contributed by atoms with Gasteiger partial charge in [0.15, 0.2) is 0 Å². The molecule has 1 N–H and O–H groups in total. The van der Waals surface area contributed by atoms with E-state index in [1.165, 1.54) is 25.7 Å². The molecule has 0 aliphatic heterocycles. The van der Waals surface area contributed by atoms with Crippen LogP contribution in [0.3, 0.4) is 0 Å². The summed E-state index contributed by atoms with van der Waals surface area (Å²) in [6, 6.07) is 7.66. The molecule has 2 fully saturated rings. The van der Waals surface area contributed by atoms with Gasteiger partial charge in [-0.05, 0) is 56.1 Å². The standard InChI is InChI=1S/C17H23NO2/c1-11(15-10-12-7-8-13(15)9-12)18-17(19)14-5-3-4-6-16(14)20-2/h3-6,11-13,15H,7-10H2,1-2H3,(H,18,19). The van der Waals surface area contributed by atoms with E-state index in [0.29, 0.717) is 17.2 Å². The second kappa shape index (κ2) is 5.47. The second-order valence-corrected chi connectivity index (χ2v) is 6.30. The summed E-state index contributed by atoms with van der Waals surface area (Å²) in [6.07, 6.45) is 5.41. The Kier molecular flexibility index (Phi) is 3.68. The van der Waals surface area contributed by atoms with Crippen LogP contribution >= 0.6 is 0 Å². The van der Waals surface area contributed by atoms with Crippen LogP contribution in [0.15, 0.2) is 24.3 Å². The summed E-state index contributed by atoms with van der Waals surface area (Å²) in [4.78, 5) is 12.4. The SMILES string of the molecule is COc1ccccc1C(=O)NC(C)C1CC2CCC1C2. The number of hydrogen-bond donors (Lipinski definition) is 1. The molecule has 0 spiro atoms. The molecule has 3 rings (SSSR count). The Hall–Kier alpha value is -1.51. The van der Waals surface area contributed by atoms with Crippen molar-refractivity contribution < 1.29 is 9.53 Å². The molecule has 2 bridgehead atoms. The van der Waals surface area contributed by atoms with Gasteiger partial charge in [-0.2, -0.15) is 0 Å². The summed E-state index contributed by atoms with van der Waals surface area (Å²) >= 11 is 0. The number of rotatable bonds is 4. The van der Waals surface area contributed by atoms with Crippen molar-refractivity contribution in [3.63, 3.8) is 0 Å². The monoisotopic (exact) mass is 273 g/mol. The number of methoxy groups -OCH3 is 1. The quantitative estimate of drug-likeness (QED) is 0.914. The molecule has 3 heteroatoms. The van der Waals surface area contributed by atoms with E-state index in [-0.39, 0.29) is 11.9 Å². The third kappa shape index (κ3) is 2.41. The summed E-state index contributed by atoms with van der Waals surface area (Å²) in [5, 5.41) is 3.18. The minimum atomic E-state index is -0.0160. The first-order valence-electron chi connectivity index (χ1n) is 7.63. The van der Waals surface area contributed by atoms with E-state index in [0.717, 1.165) is 11.8 Å². The predicted octanol–water partition coefficient (Wildman–Crippen LogP) is 3.25. The highest BCUT2D eigenvalue weighted by Crippen LogP contribution is 2.49. The maximum atomic E-state index is 12.4. The molecular formula is C17H23NO2. The molecule has 4 atom stereocenters. The van der Waals surface area contributed by atoms with Crippen LogP contribution in [-0.2, 0) is 0 Å². The maximum Gasteiger partial charge on any atom is 0.255 e. The largest absolute Gasteiger partial charge is 0.496 e. The van der Waals surface area contributed by atoms with Gasteiger partial charge in [0.2, 0.25) is 0 Å². The van der Waals surface area contributed by atoms with E-state index >= 15 is 0 Å². The molecule has 4 unspecified atom stereocenters. The Bertz CT molecular complexity index is 500. The smallest absolute Gasteiger partial charge is 0.255 e. The van der Waals surface area contributed by atoms with Crippen LogP contribution in [0.2, 0.25) is 0 Å². The lowest BCUT2D eigenvalue weighted by molar-refractivity contribution is 0.0912. The molecule has 0 heterocycles. The fourth-order valence-corrected chi connectivity index (χ4v) is 4.13. The Morgan fingerprint density at radius 3 is 2.75 bits per heavy atom. The third-order valence-corrected chi connectivity index (χ3v) is 5.15. The maximum absolute atomic E-state index is 12.4. The van der Waals surface area contributed by atoms with Crippen molar-refractivity contribution in [2.45, 2.75) is 38.6 Å². The van der Waals surface area contributed by atoms with Crippen LogP contribution in [0.25, 0.3) is 0 Å². The molecule has 1 aromatic rings. The Balaban J connectivity index is 1.66. The van der Waals surface area contributed by atoms with Crippen LogP contribution in [-0.4, -0.2) is 19.1 Å². The minimum absolute atomic E-state index is 0.0160. The van der Waals surface area contributed by atoms with E-state index in [2.05, 4.69) is 12.2 Å². The van der Waals surface area contributed by atoms with E-state index in [4.69, 9.17) is 4.74 Å². The molecular weight excluding hydrogens is 250 g/mol.